The number of carbonyl (C=O) groups is 1. The molecule has 2 nitrogen and oxygen atoms in total. The minimum absolute atomic E-state index is 0.651. The van der Waals surface area contributed by atoms with Crippen LogP contribution in [0.1, 0.15) is 6.42 Å². The molecule has 0 fully saturated rings. The number of carbonyl (C=O) groups excluding carboxylic acids is 1. The Labute approximate surface area is 66.2 Å². The van der Waals surface area contributed by atoms with Gasteiger partial charge in [0.2, 0.25) is 0 Å². The molecule has 11 heavy (non-hydrogen) atoms. The van der Waals surface area contributed by atoms with Crippen molar-refractivity contribution in [1.29, 1.82) is 0 Å². The molecule has 0 aromatic rings. The number of rotatable bonds is 2. The summed E-state index contributed by atoms with van der Waals surface area (Å²) >= 11 is 0. The summed E-state index contributed by atoms with van der Waals surface area (Å²) in [5, 5.41) is 8.62. The molecule has 1 radical (unpaired) electrons. The van der Waals surface area contributed by atoms with Crippen molar-refractivity contribution in [1.82, 2.24) is 0 Å². The molecule has 0 heterocycles. The summed E-state index contributed by atoms with van der Waals surface area (Å²) in [6.45, 7) is 0. The van der Waals surface area contributed by atoms with E-state index in [0.717, 1.165) is 19.2 Å². The van der Waals surface area contributed by atoms with Crippen molar-refractivity contribution in [3.63, 3.8) is 0 Å². The number of hydrogen-bond donors (Lipinski definition) is 1. The van der Waals surface area contributed by atoms with E-state index in [1.165, 1.54) is 0 Å². The summed E-state index contributed by atoms with van der Waals surface area (Å²) in [6.07, 6.45) is 8.51. The molecule has 0 atom stereocenters. The second-order valence-electron chi connectivity index (χ2n) is 2.22. The summed E-state index contributed by atoms with van der Waals surface area (Å²) < 4.78 is 0. The molecule has 1 N–H and O–H groups in total. The zero-order valence-corrected chi connectivity index (χ0v) is 6.03. The van der Waals surface area contributed by atoms with E-state index in [2.05, 4.69) is 0 Å². The topological polar surface area (TPSA) is 37.3 Å². The molecule has 0 saturated heterocycles. The smallest absolute Gasteiger partial charge is 0.326 e. The van der Waals surface area contributed by atoms with E-state index in [0.29, 0.717) is 12.0 Å². The predicted molar refractivity (Wildman–Crippen MR) is 44.0 cm³/mol. The summed E-state index contributed by atoms with van der Waals surface area (Å²) in [5.41, 5.74) is 1.39. The van der Waals surface area contributed by atoms with Crippen molar-refractivity contribution in [3.05, 3.63) is 35.3 Å². The lowest BCUT2D eigenvalue weighted by Crippen LogP contribution is -1.89. The molecule has 3 heteroatoms. The van der Waals surface area contributed by atoms with Crippen LogP contribution in [0.3, 0.4) is 0 Å². The fourth-order valence-corrected chi connectivity index (χ4v) is 0.843. The van der Waals surface area contributed by atoms with Crippen LogP contribution >= 0.6 is 0 Å². The van der Waals surface area contributed by atoms with E-state index in [-0.39, 0.29) is 0 Å². The minimum Gasteiger partial charge on any atom is -0.450 e. The van der Waals surface area contributed by atoms with E-state index < -0.39 is 0 Å². The largest absolute Gasteiger partial charge is 0.450 e. The fraction of sp³-hybridized carbons (Fsp3) is 0.125. The van der Waals surface area contributed by atoms with Gasteiger partial charge in [0.1, 0.15) is 6.29 Å². The van der Waals surface area contributed by atoms with Crippen LogP contribution in [0, 0.1) is 0 Å². The maximum atomic E-state index is 10.3. The van der Waals surface area contributed by atoms with E-state index >= 15 is 0 Å². The van der Waals surface area contributed by atoms with Crippen molar-refractivity contribution in [2.24, 2.45) is 0 Å². The van der Waals surface area contributed by atoms with Gasteiger partial charge < -0.3 is 5.02 Å². The average molecular weight is 147 g/mol. The maximum Gasteiger partial charge on any atom is 0.326 e. The first kappa shape index (κ1) is 8.02. The van der Waals surface area contributed by atoms with Gasteiger partial charge in [-0.1, -0.05) is 29.8 Å². The highest BCUT2D eigenvalue weighted by molar-refractivity contribution is 6.37. The van der Waals surface area contributed by atoms with Gasteiger partial charge in [-0.2, -0.15) is 0 Å². The van der Waals surface area contributed by atoms with Gasteiger partial charge in [0.25, 0.3) is 0 Å². The average Bonchev–Trinajstić information content (AvgIpc) is 2.28. The second kappa shape index (κ2) is 3.93. The molecule has 0 spiro atoms. The summed E-state index contributed by atoms with van der Waals surface area (Å²) in [6, 6.07) is 0. The van der Waals surface area contributed by atoms with E-state index in [9.17, 15) is 4.79 Å². The highest BCUT2D eigenvalue weighted by atomic mass is 16.2. The third-order valence-corrected chi connectivity index (χ3v) is 1.46. The Bertz CT molecular complexity index is 238. The van der Waals surface area contributed by atoms with Crippen LogP contribution in [0.2, 0.25) is 0 Å². The molecule has 0 aliphatic heterocycles. The molecule has 1 aliphatic carbocycles. The van der Waals surface area contributed by atoms with Gasteiger partial charge in [-0.25, -0.2) is 0 Å². The van der Waals surface area contributed by atoms with Crippen molar-refractivity contribution in [2.45, 2.75) is 6.42 Å². The summed E-state index contributed by atoms with van der Waals surface area (Å²) in [4.78, 5) is 10.3. The van der Waals surface area contributed by atoms with Crippen molar-refractivity contribution < 1.29 is 9.82 Å². The van der Waals surface area contributed by atoms with Crippen LogP contribution in [0.5, 0.6) is 0 Å². The third kappa shape index (κ3) is 2.20. The molecule has 0 unspecified atom stereocenters. The molecule has 0 aromatic heterocycles. The van der Waals surface area contributed by atoms with Crippen LogP contribution < -0.4 is 0 Å². The monoisotopic (exact) mass is 147 g/mol. The maximum absolute atomic E-state index is 10.3. The first-order valence-electron chi connectivity index (χ1n) is 3.38. The lowest BCUT2D eigenvalue weighted by Gasteiger charge is -1.87. The lowest BCUT2D eigenvalue weighted by molar-refractivity contribution is -0.104. The molecule has 0 saturated carbocycles. The predicted octanol–water partition coefficient (Wildman–Crippen LogP) is 0.567. The minimum atomic E-state index is 0.651. The Morgan fingerprint density at radius 2 is 2.27 bits per heavy atom. The summed E-state index contributed by atoms with van der Waals surface area (Å²) in [7, 11) is 1.03. The van der Waals surface area contributed by atoms with Gasteiger partial charge in [-0.3, -0.25) is 4.79 Å². The van der Waals surface area contributed by atoms with Gasteiger partial charge in [-0.05, 0) is 6.42 Å². The fourth-order valence-electron chi connectivity index (χ4n) is 0.843. The molecule has 1 rings (SSSR count). The second-order valence-corrected chi connectivity index (χ2v) is 2.22. The molecule has 0 bridgehead atoms. The number of hydrogen-bond acceptors (Lipinski definition) is 2. The molecule has 55 valence electrons. The zero-order chi connectivity index (χ0) is 8.10. The van der Waals surface area contributed by atoms with E-state index in [1.807, 2.05) is 6.08 Å². The molecular formula is C8H8BO2. The quantitative estimate of drug-likeness (QED) is 0.457. The van der Waals surface area contributed by atoms with Crippen molar-refractivity contribution in [3.8, 4) is 0 Å². The Kier molecular flexibility index (Phi) is 2.87. The highest BCUT2D eigenvalue weighted by Gasteiger charge is 1.97. The van der Waals surface area contributed by atoms with Crippen LogP contribution in [0.25, 0.3) is 0 Å². The zero-order valence-electron chi connectivity index (χ0n) is 6.03. The van der Waals surface area contributed by atoms with Crippen LogP contribution in [-0.4, -0.2) is 18.8 Å². The Morgan fingerprint density at radius 3 is 2.91 bits per heavy atom. The van der Waals surface area contributed by atoms with Crippen molar-refractivity contribution in [2.75, 3.05) is 0 Å². The number of aldehydes is 1. The molecule has 0 amide bonds. The SMILES string of the molecule is O=CC1=CCC=C([B]O)C=C1. The standard InChI is InChI=1S/C8H8BO2/c10-6-7-2-1-3-8(9-11)5-4-7/h2-6,11H,1H2. The van der Waals surface area contributed by atoms with Gasteiger partial charge >= 0.3 is 7.48 Å². The van der Waals surface area contributed by atoms with Crippen LogP contribution in [-0.2, 0) is 4.79 Å². The van der Waals surface area contributed by atoms with Crippen molar-refractivity contribution >= 4 is 13.8 Å². The Morgan fingerprint density at radius 1 is 1.45 bits per heavy atom. The lowest BCUT2D eigenvalue weighted by atomic mass is 9.87. The van der Waals surface area contributed by atoms with Crippen LogP contribution in [0.4, 0.5) is 0 Å². The van der Waals surface area contributed by atoms with Gasteiger partial charge in [0.15, 0.2) is 0 Å². The van der Waals surface area contributed by atoms with Gasteiger partial charge in [0, 0.05) is 5.57 Å². The molecular weight excluding hydrogens is 139 g/mol. The number of allylic oxidation sites excluding steroid dienone is 6. The molecule has 0 aromatic carbocycles. The first-order valence-corrected chi connectivity index (χ1v) is 3.38. The Balaban J connectivity index is 2.73. The van der Waals surface area contributed by atoms with Crippen LogP contribution in [0.15, 0.2) is 35.3 Å². The van der Waals surface area contributed by atoms with E-state index in [4.69, 9.17) is 5.02 Å². The Hall–Kier alpha value is -1.09. The third-order valence-electron chi connectivity index (χ3n) is 1.46. The highest BCUT2D eigenvalue weighted by Crippen LogP contribution is 2.06. The summed E-state index contributed by atoms with van der Waals surface area (Å²) in [5.74, 6) is 0. The van der Waals surface area contributed by atoms with E-state index in [1.54, 1.807) is 18.2 Å². The van der Waals surface area contributed by atoms with Gasteiger partial charge in [-0.15, -0.1) is 0 Å². The normalized spacial score (nSPS) is 16.5. The first-order chi connectivity index (χ1) is 5.36. The molecule has 1 aliphatic rings. The van der Waals surface area contributed by atoms with Gasteiger partial charge in [0.05, 0.1) is 0 Å².